The highest BCUT2D eigenvalue weighted by molar-refractivity contribution is 7.99. The highest BCUT2D eigenvalue weighted by atomic mass is 32.2. The van der Waals surface area contributed by atoms with Gasteiger partial charge in [0.15, 0.2) is 0 Å². The van der Waals surface area contributed by atoms with Crippen LogP contribution in [0.2, 0.25) is 0 Å². The number of hydrogen-bond acceptors (Lipinski definition) is 4. The van der Waals surface area contributed by atoms with Gasteiger partial charge in [0, 0.05) is 17.0 Å². The standard InChI is InChI=1S/C15H19N3S/c1-5-16-14-12(4)15(18-9-17-14)19-13-7-6-10(2)8-11(13)3/h6-9H,5H2,1-4H3,(H,16,17,18). The van der Waals surface area contributed by atoms with Crippen LogP contribution in [-0.2, 0) is 0 Å². The van der Waals surface area contributed by atoms with Crippen molar-refractivity contribution in [3.8, 4) is 0 Å². The first-order chi connectivity index (χ1) is 9.11. The second-order valence-corrected chi connectivity index (χ2v) is 5.58. The largest absolute Gasteiger partial charge is 0.370 e. The van der Waals surface area contributed by atoms with Crippen LogP contribution in [0.3, 0.4) is 0 Å². The molecule has 2 rings (SSSR count). The fourth-order valence-corrected chi connectivity index (χ4v) is 2.81. The van der Waals surface area contributed by atoms with E-state index in [1.807, 2.05) is 0 Å². The predicted molar refractivity (Wildman–Crippen MR) is 81.0 cm³/mol. The molecule has 1 N–H and O–H groups in total. The van der Waals surface area contributed by atoms with Crippen LogP contribution in [0, 0.1) is 20.8 Å². The molecule has 2 aromatic rings. The van der Waals surface area contributed by atoms with E-state index in [2.05, 4.69) is 61.2 Å². The summed E-state index contributed by atoms with van der Waals surface area (Å²) in [7, 11) is 0. The summed E-state index contributed by atoms with van der Waals surface area (Å²) in [4.78, 5) is 9.91. The van der Waals surface area contributed by atoms with Crippen molar-refractivity contribution >= 4 is 17.6 Å². The normalized spacial score (nSPS) is 10.5. The smallest absolute Gasteiger partial charge is 0.133 e. The molecule has 0 amide bonds. The number of nitrogens with zero attached hydrogens (tertiary/aromatic N) is 2. The van der Waals surface area contributed by atoms with E-state index in [0.29, 0.717) is 0 Å². The van der Waals surface area contributed by atoms with Crippen LogP contribution >= 0.6 is 11.8 Å². The number of aromatic nitrogens is 2. The highest BCUT2D eigenvalue weighted by Gasteiger charge is 2.09. The Morgan fingerprint density at radius 3 is 2.63 bits per heavy atom. The predicted octanol–water partition coefficient (Wildman–Crippen LogP) is 3.98. The van der Waals surface area contributed by atoms with E-state index < -0.39 is 0 Å². The average molecular weight is 273 g/mol. The van der Waals surface area contributed by atoms with Crippen LogP contribution in [0.5, 0.6) is 0 Å². The second kappa shape index (κ2) is 6.06. The van der Waals surface area contributed by atoms with Gasteiger partial charge in [-0.15, -0.1) is 0 Å². The zero-order valence-electron chi connectivity index (χ0n) is 11.8. The number of nitrogens with one attached hydrogen (secondary N) is 1. The van der Waals surface area contributed by atoms with E-state index in [1.54, 1.807) is 18.1 Å². The molecule has 0 saturated heterocycles. The summed E-state index contributed by atoms with van der Waals surface area (Å²) in [6.45, 7) is 9.24. The Bertz CT molecular complexity index is 582. The first-order valence-corrected chi connectivity index (χ1v) is 7.24. The molecular weight excluding hydrogens is 254 g/mol. The van der Waals surface area contributed by atoms with E-state index in [9.17, 15) is 0 Å². The molecule has 0 saturated carbocycles. The van der Waals surface area contributed by atoms with Crippen molar-refractivity contribution in [1.82, 2.24) is 9.97 Å². The third kappa shape index (κ3) is 3.26. The topological polar surface area (TPSA) is 37.8 Å². The van der Waals surface area contributed by atoms with E-state index in [0.717, 1.165) is 23.0 Å². The molecule has 0 aliphatic rings. The number of anilines is 1. The highest BCUT2D eigenvalue weighted by Crippen LogP contribution is 2.32. The maximum atomic E-state index is 4.39. The Balaban J connectivity index is 2.30. The molecule has 3 nitrogen and oxygen atoms in total. The number of benzene rings is 1. The summed E-state index contributed by atoms with van der Waals surface area (Å²) in [6, 6.07) is 6.49. The first kappa shape index (κ1) is 13.9. The molecule has 1 aromatic carbocycles. The lowest BCUT2D eigenvalue weighted by Gasteiger charge is -2.11. The third-order valence-corrected chi connectivity index (χ3v) is 4.20. The maximum absolute atomic E-state index is 4.39. The first-order valence-electron chi connectivity index (χ1n) is 6.42. The van der Waals surface area contributed by atoms with Crippen LogP contribution in [0.25, 0.3) is 0 Å². The lowest BCUT2D eigenvalue weighted by molar-refractivity contribution is 0.989. The molecule has 0 unspecified atom stereocenters. The summed E-state index contributed by atoms with van der Waals surface area (Å²) < 4.78 is 0. The van der Waals surface area contributed by atoms with Gasteiger partial charge in [0.05, 0.1) is 0 Å². The van der Waals surface area contributed by atoms with Gasteiger partial charge in [0.25, 0.3) is 0 Å². The number of rotatable bonds is 4. The van der Waals surface area contributed by atoms with E-state index in [-0.39, 0.29) is 0 Å². The molecule has 0 aliphatic carbocycles. The monoisotopic (exact) mass is 273 g/mol. The average Bonchev–Trinajstić information content (AvgIpc) is 2.37. The summed E-state index contributed by atoms with van der Waals surface area (Å²) in [5.74, 6) is 0.921. The van der Waals surface area contributed by atoms with Crippen LogP contribution in [0.1, 0.15) is 23.6 Å². The zero-order chi connectivity index (χ0) is 13.8. The van der Waals surface area contributed by atoms with E-state index in [4.69, 9.17) is 0 Å². The lowest BCUT2D eigenvalue weighted by atomic mass is 10.2. The summed E-state index contributed by atoms with van der Waals surface area (Å²) >= 11 is 1.70. The quantitative estimate of drug-likeness (QED) is 0.855. The van der Waals surface area contributed by atoms with Gasteiger partial charge in [-0.3, -0.25) is 0 Å². The maximum Gasteiger partial charge on any atom is 0.133 e. The molecule has 0 spiro atoms. The molecule has 0 aliphatic heterocycles. The molecule has 1 heterocycles. The summed E-state index contributed by atoms with van der Waals surface area (Å²) in [5, 5.41) is 4.27. The van der Waals surface area contributed by atoms with Crippen molar-refractivity contribution in [3.63, 3.8) is 0 Å². The van der Waals surface area contributed by atoms with Crippen molar-refractivity contribution in [2.24, 2.45) is 0 Å². The van der Waals surface area contributed by atoms with E-state index in [1.165, 1.54) is 16.0 Å². The Labute approximate surface area is 118 Å². The minimum atomic E-state index is 0.867. The van der Waals surface area contributed by atoms with Gasteiger partial charge in [-0.1, -0.05) is 29.5 Å². The SMILES string of the molecule is CCNc1ncnc(Sc2ccc(C)cc2C)c1C. The molecular formula is C15H19N3S. The van der Waals surface area contributed by atoms with Gasteiger partial charge in [-0.2, -0.15) is 0 Å². The van der Waals surface area contributed by atoms with Crippen LogP contribution in [0.4, 0.5) is 5.82 Å². The van der Waals surface area contributed by atoms with Crippen LogP contribution in [-0.4, -0.2) is 16.5 Å². The molecule has 0 atom stereocenters. The van der Waals surface area contributed by atoms with Crippen LogP contribution < -0.4 is 5.32 Å². The molecule has 100 valence electrons. The Hall–Kier alpha value is -1.55. The number of hydrogen-bond donors (Lipinski definition) is 1. The van der Waals surface area contributed by atoms with Gasteiger partial charge in [0.1, 0.15) is 17.2 Å². The van der Waals surface area contributed by atoms with Gasteiger partial charge in [-0.05, 0) is 39.3 Å². The molecule has 19 heavy (non-hydrogen) atoms. The van der Waals surface area contributed by atoms with Crippen molar-refractivity contribution in [2.45, 2.75) is 37.6 Å². The van der Waals surface area contributed by atoms with Gasteiger partial charge >= 0.3 is 0 Å². The van der Waals surface area contributed by atoms with Gasteiger partial charge in [0.2, 0.25) is 0 Å². The van der Waals surface area contributed by atoms with Crippen molar-refractivity contribution in [2.75, 3.05) is 11.9 Å². The fourth-order valence-electron chi connectivity index (χ4n) is 1.90. The molecule has 1 aromatic heterocycles. The summed E-state index contributed by atoms with van der Waals surface area (Å²) in [6.07, 6.45) is 1.62. The summed E-state index contributed by atoms with van der Waals surface area (Å²) in [5.41, 5.74) is 3.68. The lowest BCUT2D eigenvalue weighted by Crippen LogP contribution is -2.03. The zero-order valence-corrected chi connectivity index (χ0v) is 12.6. The molecule has 0 bridgehead atoms. The fraction of sp³-hybridized carbons (Fsp3) is 0.333. The number of aryl methyl sites for hydroxylation is 2. The minimum absolute atomic E-state index is 0.867. The molecule has 4 heteroatoms. The van der Waals surface area contributed by atoms with Crippen molar-refractivity contribution in [1.29, 1.82) is 0 Å². The van der Waals surface area contributed by atoms with E-state index >= 15 is 0 Å². The molecule has 0 radical (unpaired) electrons. The Morgan fingerprint density at radius 2 is 1.95 bits per heavy atom. The van der Waals surface area contributed by atoms with Crippen LogP contribution in [0.15, 0.2) is 34.4 Å². The van der Waals surface area contributed by atoms with Gasteiger partial charge in [-0.25, -0.2) is 9.97 Å². The minimum Gasteiger partial charge on any atom is -0.370 e. The third-order valence-electron chi connectivity index (χ3n) is 2.92. The Morgan fingerprint density at radius 1 is 1.16 bits per heavy atom. The Kier molecular flexibility index (Phi) is 4.43. The van der Waals surface area contributed by atoms with Gasteiger partial charge < -0.3 is 5.32 Å². The van der Waals surface area contributed by atoms with Crippen molar-refractivity contribution < 1.29 is 0 Å². The van der Waals surface area contributed by atoms with Crippen molar-refractivity contribution in [3.05, 3.63) is 41.2 Å². The second-order valence-electron chi connectivity index (χ2n) is 4.55. The molecule has 0 fully saturated rings.